The molecule has 3 aromatic rings. The highest BCUT2D eigenvalue weighted by molar-refractivity contribution is 9.10. The van der Waals surface area contributed by atoms with E-state index in [0.717, 1.165) is 21.5 Å². The Hall–Kier alpha value is -3.06. The second-order valence-electron chi connectivity index (χ2n) is 6.53. The summed E-state index contributed by atoms with van der Waals surface area (Å²) in [4.78, 5) is 25.7. The van der Waals surface area contributed by atoms with Crippen LogP contribution in [0.15, 0.2) is 63.4 Å². The molecule has 0 fully saturated rings. The van der Waals surface area contributed by atoms with Crippen molar-refractivity contribution in [2.75, 3.05) is 11.9 Å². The summed E-state index contributed by atoms with van der Waals surface area (Å²) >= 11 is 3.42. The Kier molecular flexibility index (Phi) is 4.68. The van der Waals surface area contributed by atoms with Gasteiger partial charge in [-0.3, -0.25) is 14.3 Å². The molecule has 1 N–H and O–H groups in total. The largest absolute Gasteiger partial charge is 0.488 e. The second-order valence-corrected chi connectivity index (χ2v) is 7.45. The van der Waals surface area contributed by atoms with Crippen molar-refractivity contribution in [3.63, 3.8) is 0 Å². The average molecular weight is 440 g/mol. The van der Waals surface area contributed by atoms with Gasteiger partial charge >= 0.3 is 0 Å². The zero-order valence-electron chi connectivity index (χ0n) is 15.4. The van der Waals surface area contributed by atoms with Crippen LogP contribution < -0.4 is 15.6 Å². The molecule has 0 saturated carbocycles. The predicted octanol–water partition coefficient (Wildman–Crippen LogP) is 3.66. The van der Waals surface area contributed by atoms with E-state index >= 15 is 0 Å². The van der Waals surface area contributed by atoms with Gasteiger partial charge in [-0.05, 0) is 43.3 Å². The quantitative estimate of drug-likeness (QED) is 0.676. The number of hydrogen-bond acceptors (Lipinski definition) is 3. The molecular weight excluding hydrogens is 422 g/mol. The lowest BCUT2D eigenvalue weighted by molar-refractivity contribution is -0.113. The minimum atomic E-state index is -0.350. The number of nitrogens with one attached hydrogen (secondary N) is 1. The maximum Gasteiger partial charge on any atom is 0.295 e. The van der Waals surface area contributed by atoms with E-state index < -0.39 is 0 Å². The third-order valence-electron chi connectivity index (χ3n) is 4.77. The van der Waals surface area contributed by atoms with Crippen LogP contribution in [0.1, 0.15) is 11.3 Å². The SMILES string of the molecule is Cc1c(NC(=O)C2=Cc3cc(Br)ccc3OC2)c(=O)n(-c2ccccc2)n1C. The molecule has 28 heavy (non-hydrogen) atoms. The summed E-state index contributed by atoms with van der Waals surface area (Å²) in [5.41, 5.74) is 2.66. The smallest absolute Gasteiger partial charge is 0.295 e. The fraction of sp³-hybridized carbons (Fsp3) is 0.143. The van der Waals surface area contributed by atoms with E-state index in [2.05, 4.69) is 21.2 Å². The molecule has 0 saturated heterocycles. The lowest BCUT2D eigenvalue weighted by atomic mass is 10.1. The van der Waals surface area contributed by atoms with Crippen molar-refractivity contribution < 1.29 is 9.53 Å². The van der Waals surface area contributed by atoms with Gasteiger partial charge in [0.1, 0.15) is 18.0 Å². The molecule has 2 aromatic carbocycles. The van der Waals surface area contributed by atoms with Crippen LogP contribution in [-0.2, 0) is 11.8 Å². The van der Waals surface area contributed by atoms with Crippen molar-refractivity contribution in [2.45, 2.75) is 6.92 Å². The molecule has 2 heterocycles. The van der Waals surface area contributed by atoms with Gasteiger partial charge in [0.05, 0.1) is 17.0 Å². The van der Waals surface area contributed by atoms with Crippen molar-refractivity contribution in [3.05, 3.63) is 80.2 Å². The number of amides is 1. The fourth-order valence-corrected chi connectivity index (χ4v) is 3.56. The molecule has 0 bridgehead atoms. The summed E-state index contributed by atoms with van der Waals surface area (Å²) in [5.74, 6) is 0.374. The second kappa shape index (κ2) is 7.16. The summed E-state index contributed by atoms with van der Waals surface area (Å²) in [5, 5.41) is 2.77. The Balaban J connectivity index is 1.67. The van der Waals surface area contributed by atoms with Crippen LogP contribution >= 0.6 is 15.9 Å². The molecule has 0 unspecified atom stereocenters. The minimum absolute atomic E-state index is 0.152. The summed E-state index contributed by atoms with van der Waals surface area (Å²) in [6.45, 7) is 1.95. The van der Waals surface area contributed by atoms with E-state index in [4.69, 9.17) is 4.74 Å². The molecule has 1 aliphatic rings. The molecular formula is C21H18BrN3O3. The van der Waals surface area contributed by atoms with E-state index in [9.17, 15) is 9.59 Å². The van der Waals surface area contributed by atoms with Gasteiger partial charge in [-0.2, -0.15) is 0 Å². The molecule has 0 radical (unpaired) electrons. The zero-order chi connectivity index (χ0) is 19.8. The van der Waals surface area contributed by atoms with Crippen LogP contribution in [-0.4, -0.2) is 21.9 Å². The van der Waals surface area contributed by atoms with Crippen LogP contribution in [0.3, 0.4) is 0 Å². The number of hydrogen-bond donors (Lipinski definition) is 1. The predicted molar refractivity (Wildman–Crippen MR) is 112 cm³/mol. The Morgan fingerprint density at radius 1 is 1.18 bits per heavy atom. The van der Waals surface area contributed by atoms with Crippen LogP contribution in [0, 0.1) is 6.92 Å². The molecule has 6 nitrogen and oxygen atoms in total. The number of aromatic nitrogens is 2. The van der Waals surface area contributed by atoms with Gasteiger partial charge in [-0.1, -0.05) is 34.1 Å². The Bertz CT molecular complexity index is 1160. The maximum atomic E-state index is 12.9. The summed E-state index contributed by atoms with van der Waals surface area (Å²) in [6.07, 6.45) is 1.78. The topological polar surface area (TPSA) is 65.3 Å². The number of carbonyl (C=O) groups excluding carboxylic acids is 1. The van der Waals surface area contributed by atoms with Crippen molar-refractivity contribution in [1.82, 2.24) is 9.36 Å². The van der Waals surface area contributed by atoms with Gasteiger partial charge in [0.2, 0.25) is 0 Å². The number of halogens is 1. The van der Waals surface area contributed by atoms with E-state index in [1.807, 2.05) is 48.5 Å². The van der Waals surface area contributed by atoms with Crippen LogP contribution in [0.25, 0.3) is 11.8 Å². The third-order valence-corrected chi connectivity index (χ3v) is 5.26. The van der Waals surface area contributed by atoms with Crippen molar-refractivity contribution >= 4 is 33.6 Å². The number of benzene rings is 2. The number of para-hydroxylation sites is 1. The molecule has 7 heteroatoms. The Labute approximate surface area is 170 Å². The van der Waals surface area contributed by atoms with Gasteiger partial charge in [-0.25, -0.2) is 4.68 Å². The van der Waals surface area contributed by atoms with Gasteiger partial charge in [-0.15, -0.1) is 0 Å². The number of fused-ring (bicyclic) bond motifs is 1. The monoisotopic (exact) mass is 439 g/mol. The van der Waals surface area contributed by atoms with E-state index in [-0.39, 0.29) is 23.8 Å². The first-order valence-corrected chi connectivity index (χ1v) is 9.53. The average Bonchev–Trinajstić information content (AvgIpc) is 2.91. The fourth-order valence-electron chi connectivity index (χ4n) is 3.19. The molecule has 0 atom stereocenters. The summed E-state index contributed by atoms with van der Waals surface area (Å²) < 4.78 is 9.83. The number of rotatable bonds is 3. The van der Waals surface area contributed by atoms with E-state index in [0.29, 0.717) is 11.3 Å². The van der Waals surface area contributed by atoms with Crippen molar-refractivity contribution in [2.24, 2.45) is 7.05 Å². The molecule has 1 aromatic heterocycles. The van der Waals surface area contributed by atoms with Crippen molar-refractivity contribution in [1.29, 1.82) is 0 Å². The highest BCUT2D eigenvalue weighted by atomic mass is 79.9. The maximum absolute atomic E-state index is 12.9. The zero-order valence-corrected chi connectivity index (χ0v) is 17.0. The molecule has 0 aliphatic carbocycles. The van der Waals surface area contributed by atoms with E-state index in [1.54, 1.807) is 24.7 Å². The van der Waals surface area contributed by atoms with Gasteiger partial charge in [0.15, 0.2) is 0 Å². The third kappa shape index (κ3) is 3.18. The molecule has 0 spiro atoms. The minimum Gasteiger partial charge on any atom is -0.488 e. The van der Waals surface area contributed by atoms with Crippen LogP contribution in [0.2, 0.25) is 0 Å². The van der Waals surface area contributed by atoms with Gasteiger partial charge < -0.3 is 10.1 Å². The number of anilines is 1. The standard InChI is InChI=1S/C21H18BrN3O3/c1-13-19(21(27)25(24(13)2)17-6-4-3-5-7-17)23-20(26)15-10-14-11-16(22)8-9-18(14)28-12-15/h3-11H,12H2,1-2H3,(H,23,26). The highest BCUT2D eigenvalue weighted by Gasteiger charge is 2.22. The lowest BCUT2D eigenvalue weighted by Crippen LogP contribution is -2.25. The highest BCUT2D eigenvalue weighted by Crippen LogP contribution is 2.29. The summed E-state index contributed by atoms with van der Waals surface area (Å²) in [7, 11) is 1.79. The summed E-state index contributed by atoms with van der Waals surface area (Å²) in [6, 6.07) is 14.9. The lowest BCUT2D eigenvalue weighted by Gasteiger charge is -2.17. The molecule has 142 valence electrons. The van der Waals surface area contributed by atoms with Gasteiger partial charge in [0, 0.05) is 17.1 Å². The first-order valence-electron chi connectivity index (χ1n) is 8.74. The van der Waals surface area contributed by atoms with Gasteiger partial charge in [0.25, 0.3) is 11.5 Å². The van der Waals surface area contributed by atoms with E-state index in [1.165, 1.54) is 4.68 Å². The molecule has 1 aliphatic heterocycles. The van der Waals surface area contributed by atoms with Crippen LogP contribution in [0.4, 0.5) is 5.69 Å². The first-order chi connectivity index (χ1) is 13.5. The Morgan fingerprint density at radius 2 is 1.93 bits per heavy atom. The first kappa shape index (κ1) is 18.3. The molecule has 4 rings (SSSR count). The van der Waals surface area contributed by atoms with Crippen LogP contribution in [0.5, 0.6) is 5.75 Å². The number of nitrogens with zero attached hydrogens (tertiary/aromatic N) is 2. The number of ether oxygens (including phenoxy) is 1. The Morgan fingerprint density at radius 3 is 2.68 bits per heavy atom. The molecule has 1 amide bonds. The number of carbonyl (C=O) groups is 1. The van der Waals surface area contributed by atoms with Crippen molar-refractivity contribution in [3.8, 4) is 11.4 Å². The normalized spacial score (nSPS) is 12.8.